The summed E-state index contributed by atoms with van der Waals surface area (Å²) >= 11 is 0. The molecule has 1 rings (SSSR count). The molecule has 0 bridgehead atoms. The summed E-state index contributed by atoms with van der Waals surface area (Å²) in [4.78, 5) is 0. The van der Waals surface area contributed by atoms with Crippen LogP contribution in [0.15, 0.2) is 11.8 Å². The monoisotopic (exact) mass is 197 g/mol. The number of hydrogen-bond acceptors (Lipinski definition) is 2. The first-order valence-electron chi connectivity index (χ1n) is 5.94. The lowest BCUT2D eigenvalue weighted by Gasteiger charge is -2.24. The molecular weight excluding hydrogens is 174 g/mol. The zero-order valence-corrected chi connectivity index (χ0v) is 9.51. The van der Waals surface area contributed by atoms with E-state index in [0.29, 0.717) is 6.04 Å². The molecule has 1 aliphatic rings. The average Bonchev–Trinajstić information content (AvgIpc) is 2.25. The minimum Gasteiger partial charge on any atom is -0.497 e. The van der Waals surface area contributed by atoms with Gasteiger partial charge < -0.3 is 10.1 Å². The Morgan fingerprint density at radius 2 is 2.29 bits per heavy atom. The molecule has 0 aliphatic carbocycles. The van der Waals surface area contributed by atoms with Gasteiger partial charge in [0.2, 0.25) is 0 Å². The number of nitrogens with one attached hydrogen (secondary N) is 1. The third-order valence-electron chi connectivity index (χ3n) is 2.52. The van der Waals surface area contributed by atoms with Gasteiger partial charge in [0.15, 0.2) is 0 Å². The molecule has 0 aromatic carbocycles. The van der Waals surface area contributed by atoms with Crippen molar-refractivity contribution in [1.82, 2.24) is 5.32 Å². The van der Waals surface area contributed by atoms with E-state index in [4.69, 9.17) is 4.74 Å². The lowest BCUT2D eigenvalue weighted by atomic mass is 10.1. The molecule has 2 heteroatoms. The van der Waals surface area contributed by atoms with E-state index < -0.39 is 0 Å². The molecule has 1 aliphatic heterocycles. The highest BCUT2D eigenvalue weighted by molar-refractivity contribution is 5.05. The smallest absolute Gasteiger partial charge is 0.109 e. The van der Waals surface area contributed by atoms with Crippen molar-refractivity contribution in [2.75, 3.05) is 13.2 Å². The van der Waals surface area contributed by atoms with E-state index in [1.54, 1.807) is 0 Å². The Morgan fingerprint density at radius 1 is 1.43 bits per heavy atom. The lowest BCUT2D eigenvalue weighted by molar-refractivity contribution is 0.164. The summed E-state index contributed by atoms with van der Waals surface area (Å²) in [6.07, 6.45) is 8.20. The first kappa shape index (κ1) is 11.6. The van der Waals surface area contributed by atoms with Crippen molar-refractivity contribution in [3.05, 3.63) is 11.8 Å². The van der Waals surface area contributed by atoms with Gasteiger partial charge in [-0.05, 0) is 38.3 Å². The van der Waals surface area contributed by atoms with Crippen LogP contribution in [0.4, 0.5) is 0 Å². The summed E-state index contributed by atoms with van der Waals surface area (Å²) in [6.45, 7) is 6.42. The van der Waals surface area contributed by atoms with Crippen LogP contribution >= 0.6 is 0 Å². The van der Waals surface area contributed by atoms with Crippen LogP contribution in [0.1, 0.15) is 46.0 Å². The van der Waals surface area contributed by atoms with Gasteiger partial charge in [-0.15, -0.1) is 0 Å². The van der Waals surface area contributed by atoms with Gasteiger partial charge in [-0.25, -0.2) is 0 Å². The maximum Gasteiger partial charge on any atom is 0.109 e. The Kier molecular flexibility index (Phi) is 5.69. The second kappa shape index (κ2) is 6.88. The third-order valence-corrected chi connectivity index (χ3v) is 2.52. The fourth-order valence-corrected chi connectivity index (χ4v) is 1.77. The van der Waals surface area contributed by atoms with Crippen LogP contribution in [-0.4, -0.2) is 19.2 Å². The molecule has 2 nitrogen and oxygen atoms in total. The Bertz CT molecular complexity index is 177. The van der Waals surface area contributed by atoms with Crippen molar-refractivity contribution in [1.29, 1.82) is 0 Å². The molecule has 0 radical (unpaired) electrons. The summed E-state index contributed by atoms with van der Waals surface area (Å²) < 4.78 is 5.69. The van der Waals surface area contributed by atoms with Crippen LogP contribution in [0, 0.1) is 0 Å². The van der Waals surface area contributed by atoms with E-state index in [2.05, 4.69) is 25.2 Å². The molecule has 0 spiro atoms. The summed E-state index contributed by atoms with van der Waals surface area (Å²) in [5.41, 5.74) is 0. The first-order valence-corrected chi connectivity index (χ1v) is 5.94. The van der Waals surface area contributed by atoms with E-state index in [9.17, 15) is 0 Å². The van der Waals surface area contributed by atoms with Crippen LogP contribution in [0.5, 0.6) is 0 Å². The highest BCUT2D eigenvalue weighted by Crippen LogP contribution is 2.16. The standard InChI is InChI=1S/C12H23NO/c1-3-7-11(13-9-4-2)12-8-5-6-10-14-12/h8,11,13H,3-7,9-10H2,1-2H3. The molecule has 0 aromatic rings. The van der Waals surface area contributed by atoms with Gasteiger partial charge in [-0.3, -0.25) is 0 Å². The van der Waals surface area contributed by atoms with Gasteiger partial charge in [-0.2, -0.15) is 0 Å². The summed E-state index contributed by atoms with van der Waals surface area (Å²) in [5.74, 6) is 1.19. The van der Waals surface area contributed by atoms with Gasteiger partial charge in [0.1, 0.15) is 5.76 Å². The van der Waals surface area contributed by atoms with E-state index in [1.165, 1.54) is 37.9 Å². The van der Waals surface area contributed by atoms with Crippen molar-refractivity contribution >= 4 is 0 Å². The molecule has 1 atom stereocenters. The van der Waals surface area contributed by atoms with Crippen LogP contribution in [-0.2, 0) is 4.74 Å². The van der Waals surface area contributed by atoms with Crippen LogP contribution < -0.4 is 5.32 Å². The molecule has 0 fully saturated rings. The molecule has 1 N–H and O–H groups in total. The van der Waals surface area contributed by atoms with Gasteiger partial charge >= 0.3 is 0 Å². The fourth-order valence-electron chi connectivity index (χ4n) is 1.77. The normalized spacial score (nSPS) is 18.6. The van der Waals surface area contributed by atoms with Crippen molar-refractivity contribution in [3.8, 4) is 0 Å². The molecular formula is C12H23NO. The Hall–Kier alpha value is -0.500. The number of hydrogen-bond donors (Lipinski definition) is 1. The van der Waals surface area contributed by atoms with Gasteiger partial charge in [0.05, 0.1) is 12.6 Å². The topological polar surface area (TPSA) is 21.3 Å². The molecule has 1 unspecified atom stereocenters. The molecule has 0 saturated carbocycles. The van der Waals surface area contributed by atoms with E-state index in [1.807, 2.05) is 0 Å². The SMILES string of the molecule is CCCNC(CCC)C1=CCCCO1. The fraction of sp³-hybridized carbons (Fsp3) is 0.833. The van der Waals surface area contributed by atoms with Gasteiger partial charge in [0.25, 0.3) is 0 Å². The second-order valence-corrected chi connectivity index (χ2v) is 3.89. The van der Waals surface area contributed by atoms with Crippen LogP contribution in [0.25, 0.3) is 0 Å². The third kappa shape index (κ3) is 3.70. The molecule has 82 valence electrons. The summed E-state index contributed by atoms with van der Waals surface area (Å²) in [6, 6.07) is 0.459. The molecule has 0 amide bonds. The highest BCUT2D eigenvalue weighted by atomic mass is 16.5. The Morgan fingerprint density at radius 3 is 2.86 bits per heavy atom. The number of ether oxygens (including phenoxy) is 1. The van der Waals surface area contributed by atoms with Gasteiger partial charge in [0, 0.05) is 0 Å². The molecule has 0 aromatic heterocycles. The van der Waals surface area contributed by atoms with Crippen LogP contribution in [0.3, 0.4) is 0 Å². The maximum absolute atomic E-state index is 5.69. The van der Waals surface area contributed by atoms with Crippen molar-refractivity contribution in [3.63, 3.8) is 0 Å². The Balaban J connectivity index is 2.42. The highest BCUT2D eigenvalue weighted by Gasteiger charge is 2.15. The minimum atomic E-state index is 0.459. The quantitative estimate of drug-likeness (QED) is 0.707. The predicted octanol–water partition coefficient (Wildman–Crippen LogP) is 2.85. The maximum atomic E-state index is 5.69. The number of rotatable bonds is 6. The summed E-state index contributed by atoms with van der Waals surface area (Å²) in [7, 11) is 0. The predicted molar refractivity (Wildman–Crippen MR) is 60.3 cm³/mol. The van der Waals surface area contributed by atoms with Crippen molar-refractivity contribution in [2.24, 2.45) is 0 Å². The minimum absolute atomic E-state index is 0.459. The average molecular weight is 197 g/mol. The van der Waals surface area contributed by atoms with Crippen molar-refractivity contribution in [2.45, 2.75) is 52.0 Å². The van der Waals surface area contributed by atoms with Crippen molar-refractivity contribution < 1.29 is 4.74 Å². The zero-order valence-electron chi connectivity index (χ0n) is 9.51. The molecule has 1 heterocycles. The van der Waals surface area contributed by atoms with E-state index in [0.717, 1.165) is 13.2 Å². The lowest BCUT2D eigenvalue weighted by Crippen LogP contribution is -2.33. The van der Waals surface area contributed by atoms with E-state index in [-0.39, 0.29) is 0 Å². The molecule has 0 saturated heterocycles. The Labute approximate surface area is 87.7 Å². The second-order valence-electron chi connectivity index (χ2n) is 3.89. The van der Waals surface area contributed by atoms with Gasteiger partial charge in [-0.1, -0.05) is 20.3 Å². The van der Waals surface area contributed by atoms with E-state index >= 15 is 0 Å². The molecule has 14 heavy (non-hydrogen) atoms. The summed E-state index contributed by atoms with van der Waals surface area (Å²) in [5, 5.41) is 3.55. The largest absolute Gasteiger partial charge is 0.497 e. The van der Waals surface area contributed by atoms with Crippen LogP contribution in [0.2, 0.25) is 0 Å². The zero-order chi connectivity index (χ0) is 10.2. The first-order chi connectivity index (χ1) is 6.88. The number of allylic oxidation sites excluding steroid dienone is 1.